The van der Waals surface area contributed by atoms with E-state index in [2.05, 4.69) is 188 Å². The van der Waals surface area contributed by atoms with Crippen molar-refractivity contribution in [2.45, 2.75) is 6.42 Å². The molecule has 208 valence electrons. The third-order valence-corrected chi connectivity index (χ3v) is 9.12. The van der Waals surface area contributed by atoms with Gasteiger partial charge in [-0.25, -0.2) is 6.08 Å². The minimum atomic E-state index is 0.911. The smallest absolute Gasteiger partial charge is 0.0771 e. The van der Waals surface area contributed by atoms with Gasteiger partial charge in [0.1, 0.15) is 0 Å². The molecule has 0 nitrogen and oxygen atoms in total. The van der Waals surface area contributed by atoms with E-state index in [9.17, 15) is 0 Å². The second-order valence-electron chi connectivity index (χ2n) is 10.6. The van der Waals surface area contributed by atoms with Crippen LogP contribution < -0.4 is 0 Å². The molecule has 0 radical (unpaired) electrons. The zero-order chi connectivity index (χ0) is 30.0. The average molecular weight is 640 g/mol. The van der Waals surface area contributed by atoms with Crippen LogP contribution in [0.3, 0.4) is 0 Å². The monoisotopic (exact) mass is 638 g/mol. The molecule has 44 heavy (non-hydrogen) atoms. The minimum absolute atomic E-state index is 0.911. The van der Waals surface area contributed by atoms with Crippen molar-refractivity contribution in [1.82, 2.24) is 0 Å². The first-order valence-corrected chi connectivity index (χ1v) is 16.1. The summed E-state index contributed by atoms with van der Waals surface area (Å²) in [6.45, 7) is 0. The molecular formula is C43H32Zr. The number of rotatable bonds is 4. The Kier molecular flexibility index (Phi) is 9.88. The number of allylic oxidation sites excluding steroid dienone is 4. The third-order valence-electron chi connectivity index (χ3n) is 7.71. The van der Waals surface area contributed by atoms with E-state index in [4.69, 9.17) is 0 Å². The maximum absolute atomic E-state index is 3.32. The molecule has 0 aromatic heterocycles. The van der Waals surface area contributed by atoms with Crippen LogP contribution in [0.2, 0.25) is 0 Å². The van der Waals surface area contributed by atoms with Gasteiger partial charge >= 0.3 is 99.2 Å². The van der Waals surface area contributed by atoms with Gasteiger partial charge in [0.05, 0.1) is 0 Å². The molecule has 0 unspecified atom stereocenters. The van der Waals surface area contributed by atoms with Gasteiger partial charge in [-0.2, -0.15) is 5.57 Å². The summed E-state index contributed by atoms with van der Waals surface area (Å²) in [5, 5.41) is 5.39. The summed E-state index contributed by atoms with van der Waals surface area (Å²) in [7, 11) is 0. The quantitative estimate of drug-likeness (QED) is 0.168. The van der Waals surface area contributed by atoms with Crippen molar-refractivity contribution in [3.63, 3.8) is 0 Å². The molecule has 1 heteroatoms. The first-order valence-electron chi connectivity index (χ1n) is 14.9. The van der Waals surface area contributed by atoms with Crippen LogP contribution in [0.5, 0.6) is 0 Å². The Morgan fingerprint density at radius 2 is 0.886 bits per heavy atom. The fourth-order valence-corrected chi connectivity index (χ4v) is 6.31. The van der Waals surface area contributed by atoms with Crippen molar-refractivity contribution in [1.29, 1.82) is 0 Å². The second kappa shape index (κ2) is 14.7. The minimum Gasteiger partial charge on any atom is -0.126 e. The Labute approximate surface area is 275 Å². The summed E-state index contributed by atoms with van der Waals surface area (Å²) in [6, 6.07) is 61.5. The van der Waals surface area contributed by atoms with Gasteiger partial charge in [-0.05, 0) is 5.56 Å². The van der Waals surface area contributed by atoms with E-state index in [1.165, 1.54) is 82.4 Å². The van der Waals surface area contributed by atoms with Crippen molar-refractivity contribution in [2.24, 2.45) is 0 Å². The molecule has 0 bridgehead atoms. The van der Waals surface area contributed by atoms with E-state index < -0.39 is 0 Å². The molecule has 8 rings (SSSR count). The fraction of sp³-hybridized carbons (Fsp3) is 0.0233. The summed E-state index contributed by atoms with van der Waals surface area (Å²) in [4.78, 5) is 0. The summed E-state index contributed by atoms with van der Waals surface area (Å²) in [5.41, 5.74) is 7.91. The van der Waals surface area contributed by atoms with Crippen LogP contribution >= 0.6 is 0 Å². The molecule has 0 heterocycles. The molecule has 0 aliphatic heterocycles. The van der Waals surface area contributed by atoms with Gasteiger partial charge in [-0.1, -0.05) is 97.1 Å². The zero-order valence-electron chi connectivity index (χ0n) is 24.5. The summed E-state index contributed by atoms with van der Waals surface area (Å²) < 4.78 is 1.42. The maximum atomic E-state index is 3.32. The van der Waals surface area contributed by atoms with Crippen molar-refractivity contribution in [3.05, 3.63) is 210 Å². The van der Waals surface area contributed by atoms with Crippen LogP contribution in [-0.4, -0.2) is 3.21 Å². The molecule has 1 aliphatic rings. The fourth-order valence-electron chi connectivity index (χ4n) is 5.49. The van der Waals surface area contributed by atoms with E-state index >= 15 is 0 Å². The van der Waals surface area contributed by atoms with Gasteiger partial charge in [0, 0.05) is 0 Å². The van der Waals surface area contributed by atoms with Crippen LogP contribution in [0.4, 0.5) is 0 Å². The van der Waals surface area contributed by atoms with E-state index in [1.807, 2.05) is 0 Å². The molecule has 7 aromatic carbocycles. The van der Waals surface area contributed by atoms with Gasteiger partial charge < -0.3 is 0 Å². The van der Waals surface area contributed by atoms with Crippen LogP contribution in [0.15, 0.2) is 182 Å². The van der Waals surface area contributed by atoms with Crippen molar-refractivity contribution in [3.8, 4) is 0 Å². The Morgan fingerprint density at radius 3 is 1.39 bits per heavy atom. The summed E-state index contributed by atoms with van der Waals surface area (Å²) in [5.74, 6) is 0. The van der Waals surface area contributed by atoms with E-state index in [0.717, 1.165) is 6.42 Å². The molecule has 1 aliphatic carbocycles. The molecule has 0 saturated heterocycles. The average Bonchev–Trinajstić information content (AvgIpc) is 3.76. The van der Waals surface area contributed by atoms with Crippen molar-refractivity contribution >= 4 is 35.9 Å². The topological polar surface area (TPSA) is 0 Å². The predicted octanol–water partition coefficient (Wildman–Crippen LogP) is 10.9. The molecule has 0 saturated carbocycles. The van der Waals surface area contributed by atoms with E-state index in [1.54, 1.807) is 0 Å². The second-order valence-corrected chi connectivity index (χ2v) is 11.8. The summed E-state index contributed by atoms with van der Waals surface area (Å²) in [6.07, 6.45) is 6.34. The molecule has 0 atom stereocenters. The number of hydrogen-bond acceptors (Lipinski definition) is 0. The van der Waals surface area contributed by atoms with Crippen LogP contribution in [-0.2, 0) is 24.2 Å². The Morgan fingerprint density at radius 1 is 0.477 bits per heavy atom. The normalized spacial score (nSPS) is 12.0. The van der Waals surface area contributed by atoms with Gasteiger partial charge in [0.2, 0.25) is 0 Å². The Hall–Kier alpha value is -4.58. The number of hydrogen-bond donors (Lipinski definition) is 0. The van der Waals surface area contributed by atoms with Crippen LogP contribution in [0.25, 0.3) is 32.7 Å². The molecule has 0 fully saturated rings. The van der Waals surface area contributed by atoms with Gasteiger partial charge in [-0.3, -0.25) is 6.08 Å². The van der Waals surface area contributed by atoms with Gasteiger partial charge in [-0.15, -0.1) is 57.3 Å². The number of fused-ring (bicyclic) bond motifs is 3. The maximum Gasteiger partial charge on any atom is -0.0771 e. The molecule has 7 aromatic rings. The van der Waals surface area contributed by atoms with Gasteiger partial charge in [0.25, 0.3) is 0 Å². The first kappa shape index (κ1) is 29.5. The first-order chi connectivity index (χ1) is 21.8. The van der Waals surface area contributed by atoms with Crippen LogP contribution in [0.1, 0.15) is 28.7 Å². The van der Waals surface area contributed by atoms with Gasteiger partial charge in [0.15, 0.2) is 0 Å². The third kappa shape index (κ3) is 7.13. The molecule has 0 N–H and O–H groups in total. The van der Waals surface area contributed by atoms with E-state index in [0.29, 0.717) is 0 Å². The van der Waals surface area contributed by atoms with E-state index in [-0.39, 0.29) is 0 Å². The Bertz CT molecular complexity index is 1920. The molecular weight excluding hydrogens is 608 g/mol. The van der Waals surface area contributed by atoms with Crippen molar-refractivity contribution < 1.29 is 24.2 Å². The Balaban J connectivity index is 0.000000118. The SMILES string of the molecule is [C-]1=CC(c2ccccc2)=C(c2ccccc2)C1.[Zr+2]=[C](c1ccccc1)c1ccccc1.c1ccc2c(c1)[cH-]c1ccccc12. The number of benzene rings is 6. The van der Waals surface area contributed by atoms with Crippen LogP contribution in [0, 0.1) is 6.08 Å². The molecule has 0 spiro atoms. The zero-order valence-corrected chi connectivity index (χ0v) is 27.0. The molecule has 0 amide bonds. The predicted molar refractivity (Wildman–Crippen MR) is 185 cm³/mol. The van der Waals surface area contributed by atoms with Crippen molar-refractivity contribution in [2.75, 3.05) is 0 Å². The summed E-state index contributed by atoms with van der Waals surface area (Å²) >= 11 is 1.46. The standard InChI is InChI=1S/C17H13.C13H9.C13H10.Zr/c1-3-8-14(9-4-1)16-12-7-13-17(16)15-10-5-2-6-11-15;1-3-7-12-10(5-1)9-11-6-2-4-8-13(11)12;1-3-7-12(8-4-1)11-13-9-5-2-6-10-13;/h1-6,8-12H,13H2;1-9H;1-10H;/q2*-1;;+2. The largest absolute Gasteiger partial charge is 0.126 e.